The van der Waals surface area contributed by atoms with Crippen LogP contribution in [0.15, 0.2) is 27.4 Å². The molecule has 2 rings (SSSR count). The number of hydrogen-bond acceptors (Lipinski definition) is 4. The van der Waals surface area contributed by atoms with Crippen LogP contribution < -0.4 is 11.1 Å². The van der Waals surface area contributed by atoms with Gasteiger partial charge in [0.25, 0.3) is 0 Å². The van der Waals surface area contributed by atoms with Gasteiger partial charge in [0.1, 0.15) is 0 Å². The molecule has 0 unspecified atom stereocenters. The lowest BCUT2D eigenvalue weighted by Crippen LogP contribution is -2.27. The lowest BCUT2D eigenvalue weighted by Gasteiger charge is -2.04. The van der Waals surface area contributed by atoms with Crippen molar-refractivity contribution in [3.63, 3.8) is 0 Å². The van der Waals surface area contributed by atoms with E-state index in [2.05, 4.69) is 5.32 Å². The van der Waals surface area contributed by atoms with Crippen LogP contribution >= 0.6 is 0 Å². The van der Waals surface area contributed by atoms with Gasteiger partial charge in [-0.1, -0.05) is 6.07 Å². The minimum atomic E-state index is -0.380. The Labute approximate surface area is 116 Å². The van der Waals surface area contributed by atoms with E-state index in [1.165, 1.54) is 4.57 Å². The normalized spacial score (nSPS) is 10.9. The molecule has 0 aliphatic rings. The standard InChI is InChI=1S/C14H18N2O4/c1-16-11-9-10(3-5-12(11)20-14(16)18)4-6-13(17)15-7-8-19-2/h3,5,9H,4,6-8H2,1-2H3,(H,15,17). The van der Waals surface area contributed by atoms with Crippen LogP contribution in [0.25, 0.3) is 11.1 Å². The molecular formula is C14H18N2O4. The van der Waals surface area contributed by atoms with Crippen LogP contribution in [0, 0.1) is 0 Å². The minimum Gasteiger partial charge on any atom is -0.408 e. The highest BCUT2D eigenvalue weighted by molar-refractivity contribution is 5.77. The lowest BCUT2D eigenvalue weighted by molar-refractivity contribution is -0.121. The van der Waals surface area contributed by atoms with E-state index in [0.717, 1.165) is 11.1 Å². The first-order chi connectivity index (χ1) is 9.61. The molecule has 1 aromatic carbocycles. The van der Waals surface area contributed by atoms with Gasteiger partial charge in [0, 0.05) is 27.1 Å². The van der Waals surface area contributed by atoms with Crippen molar-refractivity contribution in [2.75, 3.05) is 20.3 Å². The maximum Gasteiger partial charge on any atom is 0.419 e. The fourth-order valence-electron chi connectivity index (χ4n) is 1.97. The number of carbonyl (C=O) groups excluding carboxylic acids is 1. The molecular weight excluding hydrogens is 260 g/mol. The number of oxazole rings is 1. The maximum absolute atomic E-state index is 11.6. The molecule has 0 aliphatic carbocycles. The summed E-state index contributed by atoms with van der Waals surface area (Å²) in [6.07, 6.45) is 1.02. The van der Waals surface area contributed by atoms with Crippen molar-refractivity contribution in [2.45, 2.75) is 12.8 Å². The number of amides is 1. The quantitative estimate of drug-likeness (QED) is 0.794. The number of nitrogens with zero attached hydrogens (tertiary/aromatic N) is 1. The van der Waals surface area contributed by atoms with Crippen LogP contribution in [0.4, 0.5) is 0 Å². The summed E-state index contributed by atoms with van der Waals surface area (Å²) in [6.45, 7) is 1.03. The molecule has 0 saturated carbocycles. The second-order valence-corrected chi connectivity index (χ2v) is 4.57. The second-order valence-electron chi connectivity index (χ2n) is 4.57. The third-order valence-electron chi connectivity index (χ3n) is 3.12. The van der Waals surface area contributed by atoms with E-state index in [-0.39, 0.29) is 11.7 Å². The molecule has 1 amide bonds. The van der Waals surface area contributed by atoms with Crippen molar-refractivity contribution < 1.29 is 13.9 Å². The first kappa shape index (κ1) is 14.3. The fraction of sp³-hybridized carbons (Fsp3) is 0.429. The molecule has 20 heavy (non-hydrogen) atoms. The van der Waals surface area contributed by atoms with Crippen molar-refractivity contribution in [2.24, 2.45) is 7.05 Å². The Morgan fingerprint density at radius 2 is 2.25 bits per heavy atom. The molecule has 0 spiro atoms. The molecule has 6 nitrogen and oxygen atoms in total. The van der Waals surface area contributed by atoms with Gasteiger partial charge >= 0.3 is 5.76 Å². The Morgan fingerprint density at radius 1 is 1.45 bits per heavy atom. The summed E-state index contributed by atoms with van der Waals surface area (Å²) in [6, 6.07) is 5.51. The Bertz CT molecular complexity index is 657. The van der Waals surface area contributed by atoms with E-state index in [1.54, 1.807) is 20.2 Å². The number of nitrogens with one attached hydrogen (secondary N) is 1. The molecule has 0 radical (unpaired) electrons. The second kappa shape index (κ2) is 6.38. The zero-order valence-corrected chi connectivity index (χ0v) is 11.6. The number of rotatable bonds is 6. The van der Waals surface area contributed by atoms with Gasteiger partial charge in [-0.15, -0.1) is 0 Å². The zero-order valence-electron chi connectivity index (χ0n) is 11.6. The number of hydrogen-bond donors (Lipinski definition) is 1. The first-order valence-electron chi connectivity index (χ1n) is 6.46. The molecule has 1 heterocycles. The topological polar surface area (TPSA) is 73.5 Å². The average Bonchev–Trinajstić information content (AvgIpc) is 2.72. The van der Waals surface area contributed by atoms with Crippen LogP contribution in [0.3, 0.4) is 0 Å². The van der Waals surface area contributed by atoms with E-state index in [0.29, 0.717) is 31.6 Å². The fourth-order valence-corrected chi connectivity index (χ4v) is 1.97. The van der Waals surface area contributed by atoms with E-state index in [9.17, 15) is 9.59 Å². The summed E-state index contributed by atoms with van der Waals surface area (Å²) < 4.78 is 11.4. The summed E-state index contributed by atoms with van der Waals surface area (Å²) >= 11 is 0. The summed E-state index contributed by atoms with van der Waals surface area (Å²) in [7, 11) is 3.26. The van der Waals surface area contributed by atoms with Gasteiger partial charge in [0.05, 0.1) is 12.1 Å². The Kier molecular flexibility index (Phi) is 4.57. The molecule has 108 valence electrons. The molecule has 0 aliphatic heterocycles. The molecule has 0 fully saturated rings. The van der Waals surface area contributed by atoms with Gasteiger partial charge in [-0.2, -0.15) is 0 Å². The monoisotopic (exact) mass is 278 g/mol. The molecule has 6 heteroatoms. The molecule has 1 N–H and O–H groups in total. The van der Waals surface area contributed by atoms with Crippen molar-refractivity contribution in [3.8, 4) is 0 Å². The van der Waals surface area contributed by atoms with Gasteiger partial charge < -0.3 is 14.5 Å². The average molecular weight is 278 g/mol. The Morgan fingerprint density at radius 3 is 3.00 bits per heavy atom. The highest BCUT2D eigenvalue weighted by Crippen LogP contribution is 2.15. The Hall–Kier alpha value is -2.08. The number of aryl methyl sites for hydroxylation is 2. The van der Waals surface area contributed by atoms with Gasteiger partial charge in [0.15, 0.2) is 5.58 Å². The van der Waals surface area contributed by atoms with Gasteiger partial charge in [-0.3, -0.25) is 9.36 Å². The van der Waals surface area contributed by atoms with Crippen molar-refractivity contribution in [1.82, 2.24) is 9.88 Å². The summed E-state index contributed by atoms with van der Waals surface area (Å²) in [4.78, 5) is 23.0. The zero-order chi connectivity index (χ0) is 14.5. The van der Waals surface area contributed by atoms with E-state index in [4.69, 9.17) is 9.15 Å². The molecule has 0 atom stereocenters. The molecule has 0 saturated heterocycles. The van der Waals surface area contributed by atoms with Crippen LogP contribution in [-0.2, 0) is 23.0 Å². The number of ether oxygens (including phenoxy) is 1. The van der Waals surface area contributed by atoms with Gasteiger partial charge in [-0.05, 0) is 24.1 Å². The van der Waals surface area contributed by atoms with E-state index < -0.39 is 0 Å². The van der Waals surface area contributed by atoms with E-state index in [1.807, 2.05) is 12.1 Å². The smallest absolute Gasteiger partial charge is 0.408 e. The maximum atomic E-state index is 11.6. The first-order valence-corrected chi connectivity index (χ1v) is 6.46. The van der Waals surface area contributed by atoms with Crippen LogP contribution in [0.5, 0.6) is 0 Å². The number of fused-ring (bicyclic) bond motifs is 1. The minimum absolute atomic E-state index is 0.0109. The third-order valence-corrected chi connectivity index (χ3v) is 3.12. The number of methoxy groups -OCH3 is 1. The van der Waals surface area contributed by atoms with Crippen LogP contribution in [-0.4, -0.2) is 30.7 Å². The van der Waals surface area contributed by atoms with Gasteiger partial charge in [-0.25, -0.2) is 4.79 Å². The molecule has 2 aromatic rings. The highest BCUT2D eigenvalue weighted by Gasteiger charge is 2.07. The number of benzene rings is 1. The largest absolute Gasteiger partial charge is 0.419 e. The SMILES string of the molecule is COCCNC(=O)CCc1ccc2oc(=O)n(C)c2c1. The highest BCUT2D eigenvalue weighted by atomic mass is 16.5. The van der Waals surface area contributed by atoms with E-state index >= 15 is 0 Å². The van der Waals surface area contributed by atoms with Crippen molar-refractivity contribution in [1.29, 1.82) is 0 Å². The summed E-state index contributed by atoms with van der Waals surface area (Å²) in [5.41, 5.74) is 2.30. The van der Waals surface area contributed by atoms with Crippen molar-refractivity contribution in [3.05, 3.63) is 34.3 Å². The predicted octanol–water partition coefficient (Wildman–Crippen LogP) is 0.827. The summed E-state index contributed by atoms with van der Waals surface area (Å²) in [5, 5.41) is 2.77. The van der Waals surface area contributed by atoms with Crippen molar-refractivity contribution >= 4 is 17.0 Å². The third kappa shape index (κ3) is 3.27. The number of carbonyl (C=O) groups is 1. The van der Waals surface area contributed by atoms with Gasteiger partial charge in [0.2, 0.25) is 5.91 Å². The molecule has 0 bridgehead atoms. The Balaban J connectivity index is 1.98. The lowest BCUT2D eigenvalue weighted by atomic mass is 10.1. The number of aromatic nitrogens is 1. The summed E-state index contributed by atoms with van der Waals surface area (Å²) in [5.74, 6) is -0.391. The molecule has 1 aromatic heterocycles. The predicted molar refractivity (Wildman–Crippen MR) is 74.7 cm³/mol. The van der Waals surface area contributed by atoms with Crippen LogP contribution in [0.2, 0.25) is 0 Å². The van der Waals surface area contributed by atoms with Crippen LogP contribution in [0.1, 0.15) is 12.0 Å².